The summed E-state index contributed by atoms with van der Waals surface area (Å²) in [5.74, 6) is 0. The highest BCUT2D eigenvalue weighted by Gasteiger charge is 2.23. The van der Waals surface area contributed by atoms with Gasteiger partial charge in [-0.05, 0) is 31.5 Å². The molecule has 0 aliphatic carbocycles. The van der Waals surface area contributed by atoms with Crippen LogP contribution in [0.3, 0.4) is 0 Å². The Bertz CT molecular complexity index is 1210. The average Bonchev–Trinajstić information content (AvgIpc) is 2.77. The summed E-state index contributed by atoms with van der Waals surface area (Å²) in [6.07, 6.45) is 1.68. The van der Waals surface area contributed by atoms with Crippen LogP contribution in [0.2, 0.25) is 0 Å². The predicted molar refractivity (Wildman–Crippen MR) is 118 cm³/mol. The van der Waals surface area contributed by atoms with Crippen LogP contribution in [0.15, 0.2) is 82.5 Å². The number of rotatable bonds is 6. The molecule has 3 aromatic carbocycles. The Kier molecular flexibility index (Phi) is 4.96. The minimum atomic E-state index is -0.513. The predicted octanol–water partition coefficient (Wildman–Crippen LogP) is 4.57. The molecule has 0 unspecified atom stereocenters. The fraction of sp³-hybridized carbons (Fsp3) is 0.125. The molecule has 1 atom stereocenters. The Morgan fingerprint density at radius 3 is 2.28 bits per heavy atom. The molecule has 4 rings (SSSR count). The molecule has 0 saturated carbocycles. The summed E-state index contributed by atoms with van der Waals surface area (Å²) in [4.78, 5) is 28.7. The van der Waals surface area contributed by atoms with Crippen molar-refractivity contribution in [1.29, 1.82) is 0 Å². The van der Waals surface area contributed by atoms with E-state index in [1.54, 1.807) is 12.3 Å². The molecule has 29 heavy (non-hydrogen) atoms. The molecule has 0 saturated heterocycles. The van der Waals surface area contributed by atoms with Gasteiger partial charge in [-0.25, -0.2) is 0 Å². The van der Waals surface area contributed by atoms with Crippen molar-refractivity contribution in [3.63, 3.8) is 0 Å². The highest BCUT2D eigenvalue weighted by Crippen LogP contribution is 2.27. The fourth-order valence-corrected chi connectivity index (χ4v) is 3.22. The van der Waals surface area contributed by atoms with Crippen LogP contribution in [-0.4, -0.2) is 4.98 Å². The largest absolute Gasteiger partial charge is 0.373 e. The summed E-state index contributed by atoms with van der Waals surface area (Å²) in [7, 11) is 0. The number of aromatic nitrogens is 1. The van der Waals surface area contributed by atoms with Crippen molar-refractivity contribution >= 4 is 17.1 Å². The molecule has 0 aliphatic rings. The van der Waals surface area contributed by atoms with E-state index in [0.717, 1.165) is 16.8 Å². The van der Waals surface area contributed by atoms with Gasteiger partial charge in [0.05, 0.1) is 5.69 Å². The molecule has 1 aromatic heterocycles. The number of benzene rings is 2. The van der Waals surface area contributed by atoms with E-state index >= 15 is 0 Å². The third-order valence-corrected chi connectivity index (χ3v) is 4.95. The lowest BCUT2D eigenvalue weighted by molar-refractivity contribution is 0.880. The third kappa shape index (κ3) is 3.80. The zero-order valence-electron chi connectivity index (χ0n) is 16.3. The van der Waals surface area contributed by atoms with E-state index in [2.05, 4.69) is 15.6 Å². The van der Waals surface area contributed by atoms with E-state index < -0.39 is 10.9 Å². The monoisotopic (exact) mass is 383 g/mol. The van der Waals surface area contributed by atoms with Gasteiger partial charge in [0.2, 0.25) is 0 Å². The molecular formula is C24H21N3O2. The lowest BCUT2D eigenvalue weighted by Gasteiger charge is -2.20. The Balaban J connectivity index is 1.57. The van der Waals surface area contributed by atoms with Crippen LogP contribution in [0.1, 0.15) is 24.1 Å². The molecule has 2 N–H and O–H groups in total. The second-order valence-corrected chi connectivity index (χ2v) is 7.11. The molecule has 0 bridgehead atoms. The minimum absolute atomic E-state index is 0.0967. The smallest absolute Gasteiger partial charge is 0.253 e. The van der Waals surface area contributed by atoms with E-state index in [1.807, 2.05) is 74.5 Å². The first-order chi connectivity index (χ1) is 14.0. The first-order valence-electron chi connectivity index (χ1n) is 9.48. The standard InChI is InChI=1S/C24H21N3O2/c1-15-8-10-18(11-9-15)20-14-19(12-13-25-20)27-22-21(23(28)24(22)29)26-16(2)17-6-4-3-5-7-17/h3-14,16,26H,1-2H3,(H,25,27)/t16-/m1/s1. The topological polar surface area (TPSA) is 71.1 Å². The van der Waals surface area contributed by atoms with E-state index in [9.17, 15) is 9.59 Å². The lowest BCUT2D eigenvalue weighted by atomic mass is 10.1. The molecule has 5 nitrogen and oxygen atoms in total. The summed E-state index contributed by atoms with van der Waals surface area (Å²) in [5, 5.41) is 6.26. The van der Waals surface area contributed by atoms with Crippen LogP contribution in [0.4, 0.5) is 17.1 Å². The molecule has 5 heteroatoms. The van der Waals surface area contributed by atoms with Crippen LogP contribution in [0.25, 0.3) is 11.3 Å². The number of hydrogen-bond donors (Lipinski definition) is 2. The Morgan fingerprint density at radius 1 is 0.862 bits per heavy atom. The normalized spacial score (nSPS) is 11.9. The van der Waals surface area contributed by atoms with Crippen molar-refractivity contribution in [3.05, 3.63) is 105 Å². The van der Waals surface area contributed by atoms with Gasteiger partial charge < -0.3 is 10.6 Å². The average molecular weight is 383 g/mol. The number of pyridine rings is 1. The van der Waals surface area contributed by atoms with E-state index in [-0.39, 0.29) is 6.04 Å². The van der Waals surface area contributed by atoms with E-state index in [4.69, 9.17) is 0 Å². The van der Waals surface area contributed by atoms with E-state index in [0.29, 0.717) is 17.1 Å². The second kappa shape index (κ2) is 7.72. The molecule has 0 aliphatic heterocycles. The van der Waals surface area contributed by atoms with Gasteiger partial charge in [0.15, 0.2) is 0 Å². The van der Waals surface area contributed by atoms with Crippen LogP contribution < -0.4 is 21.5 Å². The summed E-state index contributed by atoms with van der Waals surface area (Å²) in [5.41, 5.74) is 4.30. The molecule has 0 radical (unpaired) electrons. The van der Waals surface area contributed by atoms with E-state index in [1.165, 1.54) is 5.56 Å². The summed E-state index contributed by atoms with van der Waals surface area (Å²) < 4.78 is 0. The van der Waals surface area contributed by atoms with Crippen molar-refractivity contribution in [3.8, 4) is 11.3 Å². The van der Waals surface area contributed by atoms with Crippen molar-refractivity contribution in [1.82, 2.24) is 4.98 Å². The maximum Gasteiger partial charge on any atom is 0.253 e. The summed E-state index contributed by atoms with van der Waals surface area (Å²) in [6, 6.07) is 21.4. The number of hydrogen-bond acceptors (Lipinski definition) is 5. The summed E-state index contributed by atoms with van der Waals surface area (Å²) >= 11 is 0. The molecule has 144 valence electrons. The molecule has 0 amide bonds. The first kappa shape index (κ1) is 18.6. The molecule has 4 aromatic rings. The highest BCUT2D eigenvalue weighted by molar-refractivity contribution is 5.80. The van der Waals surface area contributed by atoms with Gasteiger partial charge in [-0.1, -0.05) is 60.2 Å². The quantitative estimate of drug-likeness (QED) is 0.477. The fourth-order valence-electron chi connectivity index (χ4n) is 3.22. The molecule has 0 fully saturated rings. The van der Waals surface area contributed by atoms with Crippen LogP contribution >= 0.6 is 0 Å². The Labute approximate surface area is 168 Å². The van der Waals surface area contributed by atoms with Gasteiger partial charge in [0, 0.05) is 23.5 Å². The lowest BCUT2D eigenvalue weighted by Crippen LogP contribution is -2.37. The van der Waals surface area contributed by atoms with Gasteiger partial charge in [-0.2, -0.15) is 0 Å². The van der Waals surface area contributed by atoms with Crippen molar-refractivity contribution in [2.24, 2.45) is 0 Å². The minimum Gasteiger partial charge on any atom is -0.373 e. The van der Waals surface area contributed by atoms with Gasteiger partial charge in [-0.3, -0.25) is 14.6 Å². The van der Waals surface area contributed by atoms with Crippen molar-refractivity contribution < 1.29 is 0 Å². The zero-order chi connectivity index (χ0) is 20.4. The molecular weight excluding hydrogens is 362 g/mol. The third-order valence-electron chi connectivity index (χ3n) is 4.95. The zero-order valence-corrected chi connectivity index (χ0v) is 16.3. The SMILES string of the molecule is Cc1ccc(-c2cc(Nc3c(N[C@H](C)c4ccccc4)c(=O)c3=O)ccn2)cc1. The van der Waals surface area contributed by atoms with Gasteiger partial charge in [0.25, 0.3) is 10.9 Å². The first-order valence-corrected chi connectivity index (χ1v) is 9.48. The van der Waals surface area contributed by atoms with Crippen molar-refractivity contribution in [2.75, 3.05) is 10.6 Å². The Morgan fingerprint density at radius 2 is 1.55 bits per heavy atom. The molecule has 1 heterocycles. The Hall–Kier alpha value is -3.73. The number of anilines is 3. The maximum atomic E-state index is 12.2. The van der Waals surface area contributed by atoms with Gasteiger partial charge in [-0.15, -0.1) is 0 Å². The maximum absolute atomic E-state index is 12.2. The van der Waals surface area contributed by atoms with Crippen LogP contribution in [-0.2, 0) is 0 Å². The second-order valence-electron chi connectivity index (χ2n) is 7.11. The summed E-state index contributed by atoms with van der Waals surface area (Å²) in [6.45, 7) is 3.99. The van der Waals surface area contributed by atoms with Crippen LogP contribution in [0, 0.1) is 6.92 Å². The molecule has 0 spiro atoms. The number of nitrogens with one attached hydrogen (secondary N) is 2. The van der Waals surface area contributed by atoms with Gasteiger partial charge in [0.1, 0.15) is 11.4 Å². The van der Waals surface area contributed by atoms with Gasteiger partial charge >= 0.3 is 0 Å². The highest BCUT2D eigenvalue weighted by atomic mass is 16.2. The number of nitrogens with zero attached hydrogens (tertiary/aromatic N) is 1. The van der Waals surface area contributed by atoms with Crippen molar-refractivity contribution in [2.45, 2.75) is 19.9 Å². The van der Waals surface area contributed by atoms with Crippen LogP contribution in [0.5, 0.6) is 0 Å². The number of aryl methyl sites for hydroxylation is 1.